The number of pyridine rings is 2. The maximum absolute atomic E-state index is 13.4. The molecule has 6 aromatic rings. The summed E-state index contributed by atoms with van der Waals surface area (Å²) in [5, 5.41) is 3.87. The summed E-state index contributed by atoms with van der Waals surface area (Å²) in [6.45, 7) is 4.71. The molecule has 0 saturated carbocycles. The van der Waals surface area contributed by atoms with Gasteiger partial charge in [0.15, 0.2) is 5.82 Å². The smallest absolute Gasteiger partial charge is 0.256 e. The van der Waals surface area contributed by atoms with Crippen molar-refractivity contribution >= 4 is 50.9 Å². The fourth-order valence-corrected chi connectivity index (χ4v) is 6.54. The number of aryl methyl sites for hydroxylation is 1. The number of nitrogens with zero attached hydrogens (tertiary/aromatic N) is 6. The van der Waals surface area contributed by atoms with Crippen LogP contribution in [0.1, 0.15) is 21.6 Å². The number of thiazole rings is 1. The molecule has 4 aromatic heterocycles. The lowest BCUT2D eigenvalue weighted by molar-refractivity contribution is -0.121. The van der Waals surface area contributed by atoms with Crippen LogP contribution < -0.4 is 15.8 Å². The topological polar surface area (TPSA) is 129 Å². The summed E-state index contributed by atoms with van der Waals surface area (Å²) in [7, 11) is 0. The van der Waals surface area contributed by atoms with Crippen LogP contribution in [0, 0.1) is 6.92 Å². The number of aromatic nitrogens is 5. The highest BCUT2D eigenvalue weighted by atomic mass is 32.1. The van der Waals surface area contributed by atoms with Crippen molar-refractivity contribution in [3.63, 3.8) is 0 Å². The third-order valence-corrected chi connectivity index (χ3v) is 9.01. The predicted octanol–water partition coefficient (Wildman–Crippen LogP) is 3.98. The molecular formula is C33H30N8O3S. The van der Waals surface area contributed by atoms with Crippen molar-refractivity contribution in [1.29, 1.82) is 0 Å². The van der Waals surface area contributed by atoms with Gasteiger partial charge in [-0.3, -0.25) is 14.4 Å². The molecule has 0 atom stereocenters. The largest absolute Gasteiger partial charge is 0.353 e. The molecule has 5 heterocycles. The molecule has 7 rings (SSSR count). The number of piperazine rings is 1. The summed E-state index contributed by atoms with van der Waals surface area (Å²) in [6, 6.07) is 20.3. The number of imidazole rings is 1. The number of anilines is 1. The van der Waals surface area contributed by atoms with E-state index >= 15 is 0 Å². The number of benzene rings is 2. The fourth-order valence-electron chi connectivity index (χ4n) is 5.74. The summed E-state index contributed by atoms with van der Waals surface area (Å²) in [5.74, 6) is 1.31. The minimum Gasteiger partial charge on any atom is -0.353 e. The Morgan fingerprint density at radius 1 is 0.978 bits per heavy atom. The third-order valence-electron chi connectivity index (χ3n) is 8.08. The lowest BCUT2D eigenvalue weighted by Crippen LogP contribution is -2.49. The summed E-state index contributed by atoms with van der Waals surface area (Å²) >= 11 is 1.51. The predicted molar refractivity (Wildman–Crippen MR) is 174 cm³/mol. The summed E-state index contributed by atoms with van der Waals surface area (Å²) in [6.07, 6.45) is 1.74. The first-order valence-corrected chi connectivity index (χ1v) is 15.6. The quantitative estimate of drug-likeness (QED) is 0.277. The number of amides is 2. The van der Waals surface area contributed by atoms with Gasteiger partial charge in [0, 0.05) is 45.0 Å². The van der Waals surface area contributed by atoms with Crippen molar-refractivity contribution in [1.82, 2.24) is 34.7 Å². The first kappa shape index (κ1) is 28.4. The number of aromatic amines is 1. The van der Waals surface area contributed by atoms with Crippen LogP contribution in [0.4, 0.5) is 5.82 Å². The molecule has 0 spiro atoms. The number of nitrogens with one attached hydrogen (secondary N) is 2. The van der Waals surface area contributed by atoms with Crippen LogP contribution in [0.15, 0.2) is 83.2 Å². The van der Waals surface area contributed by atoms with Gasteiger partial charge in [-0.25, -0.2) is 15.0 Å². The molecule has 2 amide bonds. The van der Waals surface area contributed by atoms with Gasteiger partial charge in [0.2, 0.25) is 11.5 Å². The van der Waals surface area contributed by atoms with Gasteiger partial charge in [0.05, 0.1) is 38.2 Å². The van der Waals surface area contributed by atoms with Crippen LogP contribution in [0.5, 0.6) is 0 Å². The number of hydrogen-bond acceptors (Lipinski definition) is 8. The van der Waals surface area contributed by atoms with E-state index in [1.807, 2.05) is 64.9 Å². The standard InChI is InChI=1S/C33H30N8O3S/c1-21-31(45-20-36-21)32-37-25-7-2-3-8-26(25)41(32)19-29(43)35-18-22-11-12-34-27(17-22)39-13-15-40(16-14-39)33(44)24-6-4-5-23-9-10-28(42)38-30(23)24/h2-12,17,20H,13-16,18-19H2,1H3,(H,35,43)(H,38,42). The van der Waals surface area contributed by atoms with Gasteiger partial charge in [0.1, 0.15) is 12.4 Å². The molecule has 1 saturated heterocycles. The second kappa shape index (κ2) is 12.0. The van der Waals surface area contributed by atoms with E-state index in [0.717, 1.165) is 44.2 Å². The van der Waals surface area contributed by atoms with Gasteiger partial charge in [-0.1, -0.05) is 24.3 Å². The van der Waals surface area contributed by atoms with Gasteiger partial charge >= 0.3 is 0 Å². The molecule has 0 unspecified atom stereocenters. The zero-order valence-electron chi connectivity index (χ0n) is 24.6. The van der Waals surface area contributed by atoms with Crippen LogP contribution in [-0.4, -0.2) is 67.4 Å². The lowest BCUT2D eigenvalue weighted by Gasteiger charge is -2.35. The fraction of sp³-hybridized carbons (Fsp3) is 0.212. The van der Waals surface area contributed by atoms with Crippen molar-refractivity contribution in [2.45, 2.75) is 20.0 Å². The zero-order valence-corrected chi connectivity index (χ0v) is 25.4. The number of hydrogen-bond donors (Lipinski definition) is 2. The Morgan fingerprint density at radius 3 is 2.64 bits per heavy atom. The first-order chi connectivity index (χ1) is 21.9. The Morgan fingerprint density at radius 2 is 1.82 bits per heavy atom. The zero-order chi connectivity index (χ0) is 30.9. The van der Waals surface area contributed by atoms with Crippen LogP contribution >= 0.6 is 11.3 Å². The highest BCUT2D eigenvalue weighted by Gasteiger charge is 2.25. The average Bonchev–Trinajstić information content (AvgIpc) is 3.66. The Kier molecular flexibility index (Phi) is 7.55. The minimum atomic E-state index is -0.235. The number of H-pyrrole nitrogens is 1. The first-order valence-electron chi connectivity index (χ1n) is 14.7. The minimum absolute atomic E-state index is 0.106. The number of carbonyl (C=O) groups is 2. The van der Waals surface area contributed by atoms with Crippen molar-refractivity contribution in [2.75, 3.05) is 31.1 Å². The van der Waals surface area contributed by atoms with Crippen molar-refractivity contribution in [2.24, 2.45) is 0 Å². The number of fused-ring (bicyclic) bond motifs is 2. The molecule has 0 bridgehead atoms. The molecule has 1 aliphatic rings. The van der Waals surface area contributed by atoms with Gasteiger partial charge in [0.25, 0.3) is 5.91 Å². The van der Waals surface area contributed by atoms with E-state index in [9.17, 15) is 14.4 Å². The maximum atomic E-state index is 13.4. The van der Waals surface area contributed by atoms with Gasteiger partial charge < -0.3 is 24.7 Å². The molecule has 45 heavy (non-hydrogen) atoms. The van der Waals surface area contributed by atoms with Crippen LogP contribution in [0.2, 0.25) is 0 Å². The SMILES string of the molecule is Cc1ncsc1-c1nc2ccccc2n1CC(=O)NCc1ccnc(N2CCN(C(=O)c3cccc4ccc(=O)[nH]c34)CC2)c1. The van der Waals surface area contributed by atoms with Crippen molar-refractivity contribution in [3.05, 3.63) is 106 Å². The number of carbonyl (C=O) groups excluding carboxylic acids is 2. The molecule has 1 aliphatic heterocycles. The van der Waals surface area contributed by atoms with Crippen LogP contribution in [0.25, 0.3) is 32.6 Å². The third kappa shape index (κ3) is 5.67. The van der Waals surface area contributed by atoms with E-state index < -0.39 is 0 Å². The van der Waals surface area contributed by atoms with E-state index in [1.54, 1.807) is 23.8 Å². The van der Waals surface area contributed by atoms with Crippen LogP contribution in [0.3, 0.4) is 0 Å². The highest BCUT2D eigenvalue weighted by Crippen LogP contribution is 2.30. The van der Waals surface area contributed by atoms with Crippen molar-refractivity contribution < 1.29 is 9.59 Å². The second-order valence-corrected chi connectivity index (χ2v) is 11.8. The Hall–Kier alpha value is -5.36. The van der Waals surface area contributed by atoms with Crippen molar-refractivity contribution in [3.8, 4) is 10.7 Å². The van der Waals surface area contributed by atoms with E-state index in [-0.39, 0.29) is 23.9 Å². The maximum Gasteiger partial charge on any atom is 0.256 e. The van der Waals surface area contributed by atoms with Gasteiger partial charge in [-0.05, 0) is 54.3 Å². The number of para-hydroxylation sites is 3. The van der Waals surface area contributed by atoms with E-state index in [2.05, 4.69) is 25.2 Å². The highest BCUT2D eigenvalue weighted by molar-refractivity contribution is 7.13. The Bertz CT molecular complexity index is 2110. The molecule has 2 N–H and O–H groups in total. The van der Waals surface area contributed by atoms with E-state index in [0.29, 0.717) is 43.8 Å². The molecule has 226 valence electrons. The lowest BCUT2D eigenvalue weighted by atomic mass is 10.1. The summed E-state index contributed by atoms with van der Waals surface area (Å²) < 4.78 is 1.94. The Balaban J connectivity index is 0.996. The average molecular weight is 619 g/mol. The normalized spacial score (nSPS) is 13.4. The molecule has 1 fully saturated rings. The Labute approximate surface area is 262 Å². The van der Waals surface area contributed by atoms with E-state index in [1.165, 1.54) is 17.4 Å². The molecule has 12 heteroatoms. The molecule has 0 radical (unpaired) electrons. The molecule has 2 aromatic carbocycles. The molecular weight excluding hydrogens is 588 g/mol. The monoisotopic (exact) mass is 618 g/mol. The van der Waals surface area contributed by atoms with E-state index in [4.69, 9.17) is 4.98 Å². The molecule has 0 aliphatic carbocycles. The summed E-state index contributed by atoms with van der Waals surface area (Å²) in [4.78, 5) is 59.9. The summed E-state index contributed by atoms with van der Waals surface area (Å²) in [5.41, 5.74) is 6.16. The molecule has 11 nitrogen and oxygen atoms in total. The van der Waals surface area contributed by atoms with Gasteiger partial charge in [-0.2, -0.15) is 0 Å². The number of rotatable bonds is 7. The van der Waals surface area contributed by atoms with Gasteiger partial charge in [-0.15, -0.1) is 11.3 Å². The van der Waals surface area contributed by atoms with Crippen LogP contribution in [-0.2, 0) is 17.9 Å². The second-order valence-electron chi connectivity index (χ2n) is 10.9.